The largest absolute Gasteiger partial charge is 0.349 e. The summed E-state index contributed by atoms with van der Waals surface area (Å²) in [6.45, 7) is 4.12. The number of alkyl halides is 1. The van der Waals surface area contributed by atoms with E-state index < -0.39 is 0 Å². The molecule has 16 heavy (non-hydrogen) atoms. The minimum Gasteiger partial charge on any atom is -0.349 e. The Bertz CT molecular complexity index is 334. The fourth-order valence-electron chi connectivity index (χ4n) is 1.63. The maximum atomic E-state index is 11.1. The Morgan fingerprint density at radius 3 is 2.50 bits per heavy atom. The van der Waals surface area contributed by atoms with Crippen molar-refractivity contribution >= 4 is 17.5 Å². The van der Waals surface area contributed by atoms with Gasteiger partial charge in [-0.05, 0) is 24.5 Å². The van der Waals surface area contributed by atoms with E-state index >= 15 is 0 Å². The van der Waals surface area contributed by atoms with Gasteiger partial charge >= 0.3 is 0 Å². The Morgan fingerprint density at radius 1 is 1.38 bits per heavy atom. The highest BCUT2D eigenvalue weighted by molar-refractivity contribution is 6.27. The van der Waals surface area contributed by atoms with Crippen LogP contribution in [0.1, 0.15) is 37.4 Å². The number of carbonyl (C=O) groups is 1. The Morgan fingerprint density at radius 2 is 2.00 bits per heavy atom. The summed E-state index contributed by atoms with van der Waals surface area (Å²) in [4.78, 5) is 11.1. The summed E-state index contributed by atoms with van der Waals surface area (Å²) in [5.41, 5.74) is 2.44. The summed E-state index contributed by atoms with van der Waals surface area (Å²) < 4.78 is 0. The third kappa shape index (κ3) is 3.86. The minimum atomic E-state index is -0.133. The standard InChI is InChI=1S/C13H18ClNO/c1-3-4-11-5-7-12(8-6-11)10(2)15-13(16)9-14/h5-8,10H,3-4,9H2,1-2H3,(H,15,16)/t10-/m0/s1. The number of hydrogen-bond donors (Lipinski definition) is 1. The summed E-state index contributed by atoms with van der Waals surface area (Å²) in [5, 5.41) is 2.83. The fourth-order valence-corrected chi connectivity index (χ4v) is 1.70. The van der Waals surface area contributed by atoms with Crippen molar-refractivity contribution in [1.29, 1.82) is 0 Å². The van der Waals surface area contributed by atoms with Crippen molar-refractivity contribution in [2.24, 2.45) is 0 Å². The van der Waals surface area contributed by atoms with Crippen LogP contribution in [-0.2, 0) is 11.2 Å². The number of benzene rings is 1. The molecule has 0 spiro atoms. The minimum absolute atomic E-state index is 0.0122. The number of nitrogens with one attached hydrogen (secondary N) is 1. The molecule has 1 aromatic carbocycles. The van der Waals surface area contributed by atoms with Crippen molar-refractivity contribution in [3.63, 3.8) is 0 Å². The number of aryl methyl sites for hydroxylation is 1. The monoisotopic (exact) mass is 239 g/mol. The Labute approximate surface area is 102 Å². The number of rotatable bonds is 5. The highest BCUT2D eigenvalue weighted by Crippen LogP contribution is 2.14. The molecular weight excluding hydrogens is 222 g/mol. The van der Waals surface area contributed by atoms with E-state index in [4.69, 9.17) is 11.6 Å². The first-order valence-electron chi connectivity index (χ1n) is 5.61. The van der Waals surface area contributed by atoms with Crippen LogP contribution in [-0.4, -0.2) is 11.8 Å². The molecule has 0 aliphatic rings. The predicted molar refractivity (Wildman–Crippen MR) is 67.7 cm³/mol. The molecule has 2 nitrogen and oxygen atoms in total. The SMILES string of the molecule is CCCc1ccc([C@H](C)NC(=O)CCl)cc1. The Balaban J connectivity index is 2.62. The van der Waals surface area contributed by atoms with Crippen molar-refractivity contribution in [3.8, 4) is 0 Å². The van der Waals surface area contributed by atoms with E-state index in [-0.39, 0.29) is 17.8 Å². The molecule has 1 aromatic rings. The van der Waals surface area contributed by atoms with E-state index in [9.17, 15) is 4.79 Å². The maximum absolute atomic E-state index is 11.1. The molecule has 0 unspecified atom stereocenters. The zero-order valence-electron chi connectivity index (χ0n) is 9.79. The molecule has 0 radical (unpaired) electrons. The van der Waals surface area contributed by atoms with Gasteiger partial charge in [-0.15, -0.1) is 11.6 Å². The van der Waals surface area contributed by atoms with E-state index in [0.717, 1.165) is 18.4 Å². The second kappa shape index (κ2) is 6.54. The molecule has 0 heterocycles. The van der Waals surface area contributed by atoms with Gasteiger partial charge in [0.2, 0.25) is 5.91 Å². The van der Waals surface area contributed by atoms with Gasteiger partial charge in [0.25, 0.3) is 0 Å². The second-order valence-electron chi connectivity index (χ2n) is 3.91. The molecule has 1 N–H and O–H groups in total. The van der Waals surface area contributed by atoms with Gasteiger partial charge in [0, 0.05) is 0 Å². The molecule has 0 aliphatic heterocycles. The number of carbonyl (C=O) groups excluding carboxylic acids is 1. The summed E-state index contributed by atoms with van der Waals surface area (Å²) in [6.07, 6.45) is 2.25. The highest BCUT2D eigenvalue weighted by Gasteiger charge is 2.07. The summed E-state index contributed by atoms with van der Waals surface area (Å²) in [7, 11) is 0. The number of halogens is 1. The van der Waals surface area contributed by atoms with Gasteiger partial charge in [-0.3, -0.25) is 4.79 Å². The number of amides is 1. The molecule has 1 amide bonds. The van der Waals surface area contributed by atoms with Gasteiger partial charge in [-0.1, -0.05) is 37.6 Å². The maximum Gasteiger partial charge on any atom is 0.235 e. The quantitative estimate of drug-likeness (QED) is 0.787. The molecule has 88 valence electrons. The molecule has 1 rings (SSSR count). The lowest BCUT2D eigenvalue weighted by Crippen LogP contribution is -2.27. The van der Waals surface area contributed by atoms with Gasteiger partial charge in [-0.25, -0.2) is 0 Å². The lowest BCUT2D eigenvalue weighted by molar-refractivity contribution is -0.119. The lowest BCUT2D eigenvalue weighted by Gasteiger charge is -2.13. The zero-order valence-corrected chi connectivity index (χ0v) is 10.6. The smallest absolute Gasteiger partial charge is 0.235 e. The van der Waals surface area contributed by atoms with Crippen LogP contribution in [0.3, 0.4) is 0 Å². The Kier molecular flexibility index (Phi) is 5.33. The molecule has 1 atom stereocenters. The second-order valence-corrected chi connectivity index (χ2v) is 4.18. The molecule has 0 saturated carbocycles. The van der Waals surface area contributed by atoms with Crippen LogP contribution in [0.2, 0.25) is 0 Å². The van der Waals surface area contributed by atoms with Crippen LogP contribution in [0.4, 0.5) is 0 Å². The molecule has 0 aliphatic carbocycles. The van der Waals surface area contributed by atoms with Crippen LogP contribution in [0.15, 0.2) is 24.3 Å². The van der Waals surface area contributed by atoms with E-state index in [1.165, 1.54) is 5.56 Å². The summed E-state index contributed by atoms with van der Waals surface area (Å²) in [5.74, 6) is -0.120. The van der Waals surface area contributed by atoms with E-state index in [2.05, 4.69) is 36.5 Å². The van der Waals surface area contributed by atoms with Crippen LogP contribution in [0.25, 0.3) is 0 Å². The first-order valence-corrected chi connectivity index (χ1v) is 6.15. The first-order chi connectivity index (χ1) is 7.67. The van der Waals surface area contributed by atoms with Gasteiger partial charge in [0.05, 0.1) is 6.04 Å². The van der Waals surface area contributed by atoms with Crippen LogP contribution >= 0.6 is 11.6 Å². The lowest BCUT2D eigenvalue weighted by atomic mass is 10.0. The average Bonchev–Trinajstić information content (AvgIpc) is 2.30. The number of hydrogen-bond acceptors (Lipinski definition) is 1. The molecular formula is C13H18ClNO. The van der Waals surface area contributed by atoms with Crippen LogP contribution < -0.4 is 5.32 Å². The van der Waals surface area contributed by atoms with Gasteiger partial charge in [0.1, 0.15) is 5.88 Å². The molecule has 0 saturated heterocycles. The van der Waals surface area contributed by atoms with Crippen molar-refractivity contribution in [3.05, 3.63) is 35.4 Å². The van der Waals surface area contributed by atoms with Crippen molar-refractivity contribution in [2.75, 3.05) is 5.88 Å². The van der Waals surface area contributed by atoms with Crippen molar-refractivity contribution in [1.82, 2.24) is 5.32 Å². The van der Waals surface area contributed by atoms with Gasteiger partial charge in [-0.2, -0.15) is 0 Å². The van der Waals surface area contributed by atoms with Gasteiger partial charge < -0.3 is 5.32 Å². The fraction of sp³-hybridized carbons (Fsp3) is 0.462. The highest BCUT2D eigenvalue weighted by atomic mass is 35.5. The molecule has 0 bridgehead atoms. The van der Waals surface area contributed by atoms with Crippen LogP contribution in [0, 0.1) is 0 Å². The first kappa shape index (κ1) is 13.0. The van der Waals surface area contributed by atoms with Gasteiger partial charge in [0.15, 0.2) is 0 Å². The normalized spacial score (nSPS) is 12.2. The summed E-state index contributed by atoms with van der Waals surface area (Å²) in [6, 6.07) is 8.36. The van der Waals surface area contributed by atoms with Crippen molar-refractivity contribution < 1.29 is 4.79 Å². The third-order valence-corrected chi connectivity index (χ3v) is 2.76. The van der Waals surface area contributed by atoms with E-state index in [1.54, 1.807) is 0 Å². The van der Waals surface area contributed by atoms with Crippen molar-refractivity contribution in [2.45, 2.75) is 32.7 Å². The topological polar surface area (TPSA) is 29.1 Å². The predicted octanol–water partition coefficient (Wildman–Crippen LogP) is 3.06. The van der Waals surface area contributed by atoms with E-state index in [0.29, 0.717) is 0 Å². The molecule has 0 aromatic heterocycles. The average molecular weight is 240 g/mol. The molecule has 3 heteroatoms. The molecule has 0 fully saturated rings. The zero-order chi connectivity index (χ0) is 12.0. The van der Waals surface area contributed by atoms with Crippen LogP contribution in [0.5, 0.6) is 0 Å². The third-order valence-electron chi connectivity index (χ3n) is 2.52. The Hall–Kier alpha value is -1.02. The summed E-state index contributed by atoms with van der Waals surface area (Å²) >= 11 is 5.44. The van der Waals surface area contributed by atoms with E-state index in [1.807, 2.05) is 6.92 Å².